The highest BCUT2D eigenvalue weighted by molar-refractivity contribution is 8.04. The third-order valence-corrected chi connectivity index (χ3v) is 8.52. The van der Waals surface area contributed by atoms with Gasteiger partial charge in [-0.3, -0.25) is 9.98 Å². The first-order valence-electron chi connectivity index (χ1n) is 15.3. The van der Waals surface area contributed by atoms with Crippen molar-refractivity contribution in [3.8, 4) is 0 Å². The number of aliphatic hydroxyl groups excluding tert-OH is 2. The number of aliphatic hydroxyl groups is 2. The van der Waals surface area contributed by atoms with Gasteiger partial charge in [0.05, 0.1) is 30.4 Å². The van der Waals surface area contributed by atoms with Crippen LogP contribution in [0.3, 0.4) is 0 Å². The average Bonchev–Trinajstić information content (AvgIpc) is 3.84. The number of methoxy groups -OCH3 is 1. The van der Waals surface area contributed by atoms with Crippen molar-refractivity contribution in [3.63, 3.8) is 0 Å². The Labute approximate surface area is 275 Å². The van der Waals surface area contributed by atoms with Crippen LogP contribution >= 0.6 is 11.8 Å². The number of allylic oxidation sites excluding steroid dienone is 5. The number of rotatable bonds is 19. The number of ether oxygens (including phenoxy) is 2. The lowest BCUT2D eigenvalue weighted by Crippen LogP contribution is -2.46. The molecule has 12 heteroatoms. The topological polar surface area (TPSA) is 146 Å². The minimum atomic E-state index is -1.13. The van der Waals surface area contributed by atoms with Gasteiger partial charge in [-0.25, -0.2) is 4.39 Å². The van der Waals surface area contributed by atoms with Crippen LogP contribution in [0.4, 0.5) is 10.1 Å². The second-order valence-electron chi connectivity index (χ2n) is 10.8. The second kappa shape index (κ2) is 19.7. The monoisotopic (exact) mass is 654 g/mol. The number of nitrogens with one attached hydrogen (secondary N) is 3. The molecule has 1 saturated carbocycles. The Morgan fingerprint density at radius 1 is 1.26 bits per heavy atom. The number of halogens is 1. The lowest BCUT2D eigenvalue weighted by molar-refractivity contribution is -0.00423. The molecule has 10 nitrogen and oxygen atoms in total. The molecule has 1 aliphatic carbocycles. The van der Waals surface area contributed by atoms with E-state index in [-0.39, 0.29) is 11.9 Å². The molecule has 0 aromatic heterocycles. The summed E-state index contributed by atoms with van der Waals surface area (Å²) in [7, 11) is 1.67. The molecule has 1 heterocycles. The first-order valence-corrected chi connectivity index (χ1v) is 16.1. The van der Waals surface area contributed by atoms with Gasteiger partial charge in [-0.15, -0.1) is 11.8 Å². The number of nitrogens with two attached hydrogens (primary N) is 1. The molecule has 1 fully saturated rings. The Bertz CT molecular complexity index is 1320. The van der Waals surface area contributed by atoms with Crippen LogP contribution in [0.5, 0.6) is 0 Å². The van der Waals surface area contributed by atoms with Gasteiger partial charge in [0.15, 0.2) is 0 Å². The number of thioether (sulfide) groups is 1. The average molecular weight is 655 g/mol. The van der Waals surface area contributed by atoms with Gasteiger partial charge in [-0.05, 0) is 62.3 Å². The first-order chi connectivity index (χ1) is 22.3. The van der Waals surface area contributed by atoms with Crippen LogP contribution in [-0.4, -0.2) is 86.9 Å². The Morgan fingerprint density at radius 2 is 2.04 bits per heavy atom. The highest BCUT2D eigenvalue weighted by Gasteiger charge is 2.55. The van der Waals surface area contributed by atoms with E-state index < -0.39 is 23.7 Å². The van der Waals surface area contributed by atoms with E-state index >= 15 is 0 Å². The van der Waals surface area contributed by atoms with Gasteiger partial charge in [-0.1, -0.05) is 24.8 Å². The van der Waals surface area contributed by atoms with Crippen LogP contribution in [0.2, 0.25) is 0 Å². The quantitative estimate of drug-likeness (QED) is 0.0560. The zero-order valence-corrected chi connectivity index (χ0v) is 27.4. The molecule has 0 amide bonds. The van der Waals surface area contributed by atoms with Crippen LogP contribution in [0.25, 0.3) is 0 Å². The van der Waals surface area contributed by atoms with Gasteiger partial charge < -0.3 is 41.4 Å². The first kappa shape index (κ1) is 36.8. The van der Waals surface area contributed by atoms with Crippen LogP contribution in [0.1, 0.15) is 19.8 Å². The van der Waals surface area contributed by atoms with Crippen molar-refractivity contribution < 1.29 is 24.1 Å². The summed E-state index contributed by atoms with van der Waals surface area (Å²) in [6, 6.07) is 9.27. The SMILES string of the molecule is C=C(F)/C=C(\C=C/CO/C1=C/C=NC/C=C(/C(C=NCCNCCOC)=CN)SC1C)NC(O)C1(C(O)Nc2ccccc2)CC1. The summed E-state index contributed by atoms with van der Waals surface area (Å²) in [6.45, 7) is 8.77. The molecular weight excluding hydrogens is 607 g/mol. The molecule has 0 radical (unpaired) electrons. The molecule has 0 spiro atoms. The van der Waals surface area contributed by atoms with Crippen LogP contribution in [0, 0.1) is 5.41 Å². The van der Waals surface area contributed by atoms with Crippen molar-refractivity contribution in [2.24, 2.45) is 21.1 Å². The molecule has 1 aromatic rings. The summed E-state index contributed by atoms with van der Waals surface area (Å²) in [6.07, 6.45) is 12.4. The largest absolute Gasteiger partial charge is 0.493 e. The van der Waals surface area contributed by atoms with Crippen molar-refractivity contribution in [1.82, 2.24) is 10.6 Å². The Morgan fingerprint density at radius 3 is 2.74 bits per heavy atom. The van der Waals surface area contributed by atoms with Crippen molar-refractivity contribution in [2.75, 3.05) is 51.8 Å². The smallest absolute Gasteiger partial charge is 0.134 e. The molecule has 250 valence electrons. The Balaban J connectivity index is 1.56. The maximum absolute atomic E-state index is 13.8. The predicted octanol–water partition coefficient (Wildman–Crippen LogP) is 4.17. The third-order valence-electron chi connectivity index (χ3n) is 7.28. The molecule has 0 bridgehead atoms. The van der Waals surface area contributed by atoms with Gasteiger partial charge in [0.25, 0.3) is 0 Å². The predicted molar refractivity (Wildman–Crippen MR) is 187 cm³/mol. The van der Waals surface area contributed by atoms with E-state index in [0.29, 0.717) is 44.0 Å². The van der Waals surface area contributed by atoms with Crippen LogP contribution in [-0.2, 0) is 9.47 Å². The summed E-state index contributed by atoms with van der Waals surface area (Å²) in [5, 5.41) is 31.0. The van der Waals surface area contributed by atoms with E-state index in [1.54, 1.807) is 49.7 Å². The maximum atomic E-state index is 13.8. The molecule has 1 aromatic carbocycles. The maximum Gasteiger partial charge on any atom is 0.134 e. The summed E-state index contributed by atoms with van der Waals surface area (Å²) in [5.74, 6) is 0.0181. The molecule has 3 atom stereocenters. The Hall–Kier alpha value is -3.68. The second-order valence-corrected chi connectivity index (χ2v) is 12.1. The van der Waals surface area contributed by atoms with Gasteiger partial charge >= 0.3 is 0 Å². The lowest BCUT2D eigenvalue weighted by atomic mass is 10.0. The van der Waals surface area contributed by atoms with Gasteiger partial charge in [0.2, 0.25) is 0 Å². The van der Waals surface area contributed by atoms with Gasteiger partial charge in [0, 0.05) is 60.7 Å². The molecule has 7 N–H and O–H groups in total. The van der Waals surface area contributed by atoms with Crippen molar-refractivity contribution >= 4 is 29.9 Å². The van der Waals surface area contributed by atoms with E-state index in [0.717, 1.165) is 29.3 Å². The third kappa shape index (κ3) is 12.3. The number of para-hydroxylation sites is 1. The van der Waals surface area contributed by atoms with E-state index in [2.05, 4.69) is 32.5 Å². The highest BCUT2D eigenvalue weighted by atomic mass is 32.2. The number of nitrogens with zero attached hydrogens (tertiary/aromatic N) is 2. The summed E-state index contributed by atoms with van der Waals surface area (Å²) < 4.78 is 25.0. The fraction of sp³-hybridized carbons (Fsp3) is 0.412. The minimum Gasteiger partial charge on any atom is -0.493 e. The number of hydrogen-bond acceptors (Lipinski definition) is 11. The fourth-order valence-electron chi connectivity index (χ4n) is 4.51. The zero-order valence-electron chi connectivity index (χ0n) is 26.6. The lowest BCUT2D eigenvalue weighted by Gasteiger charge is -2.30. The van der Waals surface area contributed by atoms with Crippen molar-refractivity contribution in [2.45, 2.75) is 37.5 Å². The number of anilines is 1. The van der Waals surface area contributed by atoms with E-state index in [1.807, 2.05) is 49.4 Å². The molecule has 1 aliphatic heterocycles. The number of aliphatic imine (C=N–C) groups is 2. The van der Waals surface area contributed by atoms with Crippen LogP contribution < -0.4 is 21.7 Å². The van der Waals surface area contributed by atoms with Crippen molar-refractivity contribution in [3.05, 3.63) is 101 Å². The summed E-state index contributed by atoms with van der Waals surface area (Å²) in [5.41, 5.74) is 6.97. The Kier molecular flexibility index (Phi) is 15.8. The number of hydrogen-bond donors (Lipinski definition) is 6. The summed E-state index contributed by atoms with van der Waals surface area (Å²) >= 11 is 1.59. The van der Waals surface area contributed by atoms with Crippen LogP contribution in [0.15, 0.2) is 111 Å². The molecule has 3 rings (SSSR count). The van der Waals surface area contributed by atoms with Gasteiger partial charge in [-0.2, -0.15) is 0 Å². The molecular formula is C34H47FN6O4S. The standard InChI is InChI=1S/C34H47FN6O4S/c1-25(35)22-29(41-33(43)34(13-14-34)32(42)40-28-8-5-4-6-9-28)10-7-20-45-30-11-15-37-16-12-31(46-26(30)2)27(23-36)24-39-18-17-38-19-21-44-3/h4-12,15,22-24,26,32-33,38,40-43H,1,13-14,16-21,36H2,2-3H3/b10-7-,27-23?,29-22+,30-11+,31-12-,37-15?,39-24?. The molecule has 0 saturated heterocycles. The normalized spacial score (nSPS) is 22.2. The van der Waals surface area contributed by atoms with E-state index in [1.165, 1.54) is 6.08 Å². The molecule has 46 heavy (non-hydrogen) atoms. The van der Waals surface area contributed by atoms with Gasteiger partial charge in [0.1, 0.15) is 30.6 Å². The number of benzene rings is 1. The minimum absolute atomic E-state index is 0.0721. The van der Waals surface area contributed by atoms with E-state index in [4.69, 9.17) is 15.2 Å². The zero-order chi connectivity index (χ0) is 33.2. The highest BCUT2D eigenvalue weighted by Crippen LogP contribution is 2.51. The van der Waals surface area contributed by atoms with E-state index in [9.17, 15) is 14.6 Å². The molecule has 3 unspecified atom stereocenters. The summed E-state index contributed by atoms with van der Waals surface area (Å²) in [4.78, 5) is 9.87. The fourth-order valence-corrected chi connectivity index (χ4v) is 5.58. The van der Waals surface area contributed by atoms with Crippen molar-refractivity contribution in [1.29, 1.82) is 0 Å². The molecule has 2 aliphatic rings.